The molecule has 0 atom stereocenters. The van der Waals surface area contributed by atoms with Gasteiger partial charge in [-0.2, -0.15) is 4.98 Å². The molecule has 2 fully saturated rings. The zero-order chi connectivity index (χ0) is 18.2. The number of aryl methyl sites for hydroxylation is 1. The summed E-state index contributed by atoms with van der Waals surface area (Å²) in [7, 11) is 0. The number of hydrogen-bond acceptors (Lipinski definition) is 5. The standard InChI is InChI=1S/C21H26N4O2/c1-15-22-21(27-23-15)14-24-10-7-17(8-11-24)26-20-4-2-3-19-18(20)9-12-25(19)13-16-5-6-16/h2-4,9,12,16-17H,5-8,10-11,13-14H2,1H3. The zero-order valence-electron chi connectivity index (χ0n) is 15.8. The van der Waals surface area contributed by atoms with Crippen LogP contribution in [0.1, 0.15) is 37.4 Å². The molecule has 0 unspecified atom stereocenters. The highest BCUT2D eigenvalue weighted by molar-refractivity contribution is 5.86. The molecule has 2 aliphatic rings. The molecule has 1 aliphatic carbocycles. The molecule has 0 bridgehead atoms. The third-order valence-corrected chi connectivity index (χ3v) is 5.68. The summed E-state index contributed by atoms with van der Waals surface area (Å²) in [5, 5.41) is 5.10. The Morgan fingerprint density at radius 3 is 2.74 bits per heavy atom. The molecule has 27 heavy (non-hydrogen) atoms. The summed E-state index contributed by atoms with van der Waals surface area (Å²) >= 11 is 0. The van der Waals surface area contributed by atoms with Crippen molar-refractivity contribution in [3.8, 4) is 5.75 Å². The molecule has 0 radical (unpaired) electrons. The topological polar surface area (TPSA) is 56.3 Å². The van der Waals surface area contributed by atoms with Crippen molar-refractivity contribution in [1.82, 2.24) is 19.6 Å². The van der Waals surface area contributed by atoms with E-state index in [0.717, 1.165) is 50.7 Å². The van der Waals surface area contributed by atoms with Crippen molar-refractivity contribution in [2.45, 2.75) is 51.8 Å². The van der Waals surface area contributed by atoms with E-state index in [2.05, 4.69) is 50.1 Å². The fraction of sp³-hybridized carbons (Fsp3) is 0.524. The lowest BCUT2D eigenvalue weighted by Gasteiger charge is -2.31. The van der Waals surface area contributed by atoms with Gasteiger partial charge in [-0.3, -0.25) is 4.90 Å². The Bertz CT molecular complexity index is 919. The van der Waals surface area contributed by atoms with Gasteiger partial charge in [0.1, 0.15) is 11.9 Å². The lowest BCUT2D eigenvalue weighted by molar-refractivity contribution is 0.0915. The molecular formula is C21H26N4O2. The van der Waals surface area contributed by atoms with E-state index in [1.165, 1.54) is 23.7 Å². The van der Waals surface area contributed by atoms with Gasteiger partial charge in [0.05, 0.1) is 12.1 Å². The Labute approximate surface area is 159 Å². The van der Waals surface area contributed by atoms with Gasteiger partial charge in [0.2, 0.25) is 5.89 Å². The number of ether oxygens (including phenoxy) is 1. The number of hydrogen-bond donors (Lipinski definition) is 0. The molecule has 1 aliphatic heterocycles. The fourth-order valence-electron chi connectivity index (χ4n) is 4.00. The number of rotatable bonds is 6. The van der Waals surface area contributed by atoms with E-state index in [-0.39, 0.29) is 6.10 Å². The van der Waals surface area contributed by atoms with Gasteiger partial charge in [-0.05, 0) is 56.7 Å². The maximum atomic E-state index is 6.41. The van der Waals surface area contributed by atoms with Crippen molar-refractivity contribution >= 4 is 10.9 Å². The van der Waals surface area contributed by atoms with Crippen molar-refractivity contribution in [2.24, 2.45) is 5.92 Å². The van der Waals surface area contributed by atoms with Gasteiger partial charge in [-0.25, -0.2) is 0 Å². The summed E-state index contributed by atoms with van der Waals surface area (Å²) in [5.74, 6) is 3.30. The van der Waals surface area contributed by atoms with Crippen LogP contribution in [0.4, 0.5) is 0 Å². The van der Waals surface area contributed by atoms with Gasteiger partial charge in [0, 0.05) is 31.2 Å². The number of nitrogens with zero attached hydrogens (tertiary/aromatic N) is 4. The van der Waals surface area contributed by atoms with Crippen molar-refractivity contribution in [3.05, 3.63) is 42.2 Å². The van der Waals surface area contributed by atoms with E-state index in [4.69, 9.17) is 9.26 Å². The van der Waals surface area contributed by atoms with E-state index in [1.807, 2.05) is 6.92 Å². The Hall–Kier alpha value is -2.34. The summed E-state index contributed by atoms with van der Waals surface area (Å²) in [6.45, 7) is 5.70. The molecule has 3 aromatic rings. The molecule has 3 heterocycles. The smallest absolute Gasteiger partial charge is 0.240 e. The molecule has 6 heteroatoms. The Balaban J connectivity index is 1.22. The highest BCUT2D eigenvalue weighted by Crippen LogP contribution is 2.34. The SMILES string of the molecule is Cc1noc(CN2CCC(Oc3cccc4c3ccn4CC3CC3)CC2)n1. The summed E-state index contributed by atoms with van der Waals surface area (Å²) in [5.41, 5.74) is 1.29. The minimum atomic E-state index is 0.267. The molecule has 1 saturated carbocycles. The third-order valence-electron chi connectivity index (χ3n) is 5.68. The average Bonchev–Trinajstić information content (AvgIpc) is 3.26. The quantitative estimate of drug-likeness (QED) is 0.664. The van der Waals surface area contributed by atoms with Crippen LogP contribution in [0.3, 0.4) is 0 Å². The summed E-state index contributed by atoms with van der Waals surface area (Å²) in [4.78, 5) is 6.66. The predicted molar refractivity (Wildman–Crippen MR) is 103 cm³/mol. The van der Waals surface area contributed by atoms with Gasteiger partial charge in [-0.15, -0.1) is 0 Å². The second kappa shape index (κ2) is 7.00. The van der Waals surface area contributed by atoms with Crippen LogP contribution in [0.15, 0.2) is 35.0 Å². The van der Waals surface area contributed by atoms with Crippen LogP contribution in [0.25, 0.3) is 10.9 Å². The van der Waals surface area contributed by atoms with Crippen molar-refractivity contribution in [1.29, 1.82) is 0 Å². The largest absolute Gasteiger partial charge is 0.490 e. The van der Waals surface area contributed by atoms with E-state index in [0.29, 0.717) is 11.7 Å². The number of fused-ring (bicyclic) bond motifs is 1. The molecule has 6 nitrogen and oxygen atoms in total. The van der Waals surface area contributed by atoms with E-state index >= 15 is 0 Å². The van der Waals surface area contributed by atoms with Gasteiger partial charge in [0.15, 0.2) is 5.82 Å². The minimum absolute atomic E-state index is 0.267. The molecular weight excluding hydrogens is 340 g/mol. The van der Waals surface area contributed by atoms with Crippen LogP contribution in [-0.4, -0.2) is 38.8 Å². The Morgan fingerprint density at radius 1 is 1.15 bits per heavy atom. The fourth-order valence-corrected chi connectivity index (χ4v) is 4.00. The first-order valence-corrected chi connectivity index (χ1v) is 10.0. The monoisotopic (exact) mass is 366 g/mol. The summed E-state index contributed by atoms with van der Waals surface area (Å²) in [6.07, 6.45) is 7.27. The maximum absolute atomic E-state index is 6.41. The maximum Gasteiger partial charge on any atom is 0.240 e. The van der Waals surface area contributed by atoms with Crippen LogP contribution in [0.2, 0.25) is 0 Å². The molecule has 1 aromatic carbocycles. The second-order valence-corrected chi connectivity index (χ2v) is 7.93. The number of benzene rings is 1. The lowest BCUT2D eigenvalue weighted by Crippen LogP contribution is -2.37. The molecule has 142 valence electrons. The average molecular weight is 366 g/mol. The highest BCUT2D eigenvalue weighted by atomic mass is 16.5. The Kier molecular flexibility index (Phi) is 4.36. The van der Waals surface area contributed by atoms with Crippen LogP contribution in [-0.2, 0) is 13.1 Å². The number of aromatic nitrogens is 3. The van der Waals surface area contributed by atoms with Crippen LogP contribution >= 0.6 is 0 Å². The normalized spacial score (nSPS) is 19.0. The summed E-state index contributed by atoms with van der Waals surface area (Å²) < 4.78 is 14.0. The zero-order valence-corrected chi connectivity index (χ0v) is 15.8. The number of likely N-dealkylation sites (tertiary alicyclic amines) is 1. The van der Waals surface area contributed by atoms with E-state index in [1.54, 1.807) is 0 Å². The second-order valence-electron chi connectivity index (χ2n) is 7.93. The minimum Gasteiger partial charge on any atom is -0.490 e. The van der Waals surface area contributed by atoms with Crippen LogP contribution in [0, 0.1) is 12.8 Å². The van der Waals surface area contributed by atoms with Gasteiger partial charge >= 0.3 is 0 Å². The van der Waals surface area contributed by atoms with Crippen molar-refractivity contribution in [3.63, 3.8) is 0 Å². The molecule has 0 amide bonds. The summed E-state index contributed by atoms with van der Waals surface area (Å²) in [6, 6.07) is 8.64. The number of piperidine rings is 1. The van der Waals surface area contributed by atoms with Gasteiger partial charge in [0.25, 0.3) is 0 Å². The van der Waals surface area contributed by atoms with Crippen LogP contribution in [0.5, 0.6) is 5.75 Å². The molecule has 0 spiro atoms. The highest BCUT2D eigenvalue weighted by Gasteiger charge is 2.24. The predicted octanol–water partition coefficient (Wildman–Crippen LogP) is 3.79. The third kappa shape index (κ3) is 3.72. The van der Waals surface area contributed by atoms with E-state index < -0.39 is 0 Å². The first-order valence-electron chi connectivity index (χ1n) is 10.0. The van der Waals surface area contributed by atoms with Crippen LogP contribution < -0.4 is 4.74 Å². The molecule has 1 saturated heterocycles. The Morgan fingerprint density at radius 2 is 2.00 bits per heavy atom. The first kappa shape index (κ1) is 16.8. The molecule has 0 N–H and O–H groups in total. The first-order chi connectivity index (χ1) is 13.2. The van der Waals surface area contributed by atoms with Gasteiger partial charge in [-0.1, -0.05) is 11.2 Å². The van der Waals surface area contributed by atoms with E-state index in [9.17, 15) is 0 Å². The molecule has 5 rings (SSSR count). The van der Waals surface area contributed by atoms with Gasteiger partial charge < -0.3 is 13.8 Å². The van der Waals surface area contributed by atoms with Crippen molar-refractivity contribution < 1.29 is 9.26 Å². The van der Waals surface area contributed by atoms with Crippen molar-refractivity contribution in [2.75, 3.05) is 13.1 Å². The lowest BCUT2D eigenvalue weighted by atomic mass is 10.1. The molecule has 2 aromatic heterocycles.